The molecule has 0 radical (unpaired) electrons. The molecule has 4 nitrogen and oxygen atoms in total. The van der Waals surface area contributed by atoms with Crippen LogP contribution in [-0.2, 0) is 0 Å². The molecule has 0 saturated carbocycles. The Hall–Kier alpha value is -0.970. The van der Waals surface area contributed by atoms with Gasteiger partial charge in [-0.25, -0.2) is 0 Å². The molecule has 3 unspecified atom stereocenters. The highest BCUT2D eigenvalue weighted by Gasteiger charge is 2.39. The van der Waals surface area contributed by atoms with Crippen molar-refractivity contribution in [1.29, 1.82) is 0 Å². The lowest BCUT2D eigenvalue weighted by Gasteiger charge is -2.19. The summed E-state index contributed by atoms with van der Waals surface area (Å²) in [5.41, 5.74) is 1.58. The maximum atomic E-state index is 5.94. The highest BCUT2D eigenvalue weighted by Crippen LogP contribution is 2.31. The van der Waals surface area contributed by atoms with E-state index in [0.717, 1.165) is 17.5 Å². The Kier molecular flexibility index (Phi) is 3.33. The third-order valence-corrected chi connectivity index (χ3v) is 4.19. The minimum Gasteiger partial charge on any atom is -0.424 e. The number of fused-ring (bicyclic) bond motifs is 3. The van der Waals surface area contributed by atoms with Crippen LogP contribution in [0.1, 0.15) is 19.3 Å². The van der Waals surface area contributed by atoms with Gasteiger partial charge < -0.3 is 15.1 Å². The first kappa shape index (κ1) is 13.0. The molecule has 3 atom stereocenters. The van der Waals surface area contributed by atoms with E-state index >= 15 is 0 Å². The van der Waals surface area contributed by atoms with Gasteiger partial charge in [0.25, 0.3) is 6.01 Å². The highest BCUT2D eigenvalue weighted by atomic mass is 35.5. The molecule has 2 aliphatic rings. The zero-order valence-corrected chi connectivity index (χ0v) is 11.8. The number of hydrogen-bond acceptors (Lipinski definition) is 4. The number of benzene rings is 1. The maximum absolute atomic E-state index is 5.94. The molecule has 102 valence electrons. The molecule has 2 fully saturated rings. The van der Waals surface area contributed by atoms with Crippen molar-refractivity contribution >= 4 is 41.1 Å². The Morgan fingerprint density at radius 1 is 1.37 bits per heavy atom. The lowest BCUT2D eigenvalue weighted by atomic mass is 9.96. The first-order chi connectivity index (χ1) is 8.78. The van der Waals surface area contributed by atoms with Gasteiger partial charge in [-0.1, -0.05) is 11.6 Å². The van der Waals surface area contributed by atoms with E-state index in [2.05, 4.69) is 15.6 Å². The van der Waals surface area contributed by atoms with Crippen LogP contribution in [0.3, 0.4) is 0 Å². The van der Waals surface area contributed by atoms with Crippen LogP contribution in [0, 0.1) is 0 Å². The Morgan fingerprint density at radius 2 is 2.26 bits per heavy atom. The van der Waals surface area contributed by atoms with Gasteiger partial charge in [0.05, 0.1) is 0 Å². The summed E-state index contributed by atoms with van der Waals surface area (Å²) in [6.07, 6.45) is 3.70. The summed E-state index contributed by atoms with van der Waals surface area (Å²) < 4.78 is 5.68. The Balaban J connectivity index is 0.00000110. The van der Waals surface area contributed by atoms with Crippen LogP contribution in [0.5, 0.6) is 0 Å². The van der Waals surface area contributed by atoms with Crippen molar-refractivity contribution in [1.82, 2.24) is 10.3 Å². The quantitative estimate of drug-likeness (QED) is 0.894. The summed E-state index contributed by atoms with van der Waals surface area (Å²) in [4.78, 5) is 4.43. The molecule has 4 rings (SSSR count). The SMILES string of the molecule is Cl.Clc1ccc2oc(NC3CC4CCC3N4)nc2c1. The van der Waals surface area contributed by atoms with Gasteiger partial charge in [-0.3, -0.25) is 0 Å². The lowest BCUT2D eigenvalue weighted by molar-refractivity contribution is 0.506. The van der Waals surface area contributed by atoms with Crippen LogP contribution in [0.4, 0.5) is 6.01 Å². The molecule has 0 aliphatic carbocycles. The van der Waals surface area contributed by atoms with Crippen LogP contribution < -0.4 is 10.6 Å². The van der Waals surface area contributed by atoms with E-state index < -0.39 is 0 Å². The molecule has 2 bridgehead atoms. The van der Waals surface area contributed by atoms with Crippen molar-refractivity contribution < 1.29 is 4.42 Å². The van der Waals surface area contributed by atoms with Gasteiger partial charge in [0.2, 0.25) is 0 Å². The van der Waals surface area contributed by atoms with Crippen molar-refractivity contribution in [3.63, 3.8) is 0 Å². The summed E-state index contributed by atoms with van der Waals surface area (Å²) in [7, 11) is 0. The number of aromatic nitrogens is 1. The van der Waals surface area contributed by atoms with E-state index in [-0.39, 0.29) is 12.4 Å². The Morgan fingerprint density at radius 3 is 3.00 bits per heavy atom. The van der Waals surface area contributed by atoms with Gasteiger partial charge in [0.1, 0.15) is 5.52 Å². The zero-order valence-electron chi connectivity index (χ0n) is 10.2. The van der Waals surface area contributed by atoms with Crippen molar-refractivity contribution in [2.75, 3.05) is 5.32 Å². The molecular formula is C13H15Cl2N3O. The summed E-state index contributed by atoms with van der Waals surface area (Å²) in [5.74, 6) is 0. The summed E-state index contributed by atoms with van der Waals surface area (Å²) in [6, 6.07) is 7.77. The van der Waals surface area contributed by atoms with E-state index in [1.54, 1.807) is 0 Å². The second kappa shape index (κ2) is 4.85. The minimum atomic E-state index is 0. The van der Waals surface area contributed by atoms with Crippen LogP contribution in [0.15, 0.2) is 22.6 Å². The predicted octanol–water partition coefficient (Wildman–Crippen LogP) is 3.21. The molecule has 0 spiro atoms. The first-order valence-corrected chi connectivity index (χ1v) is 6.74. The summed E-state index contributed by atoms with van der Waals surface area (Å²) in [5, 5.41) is 7.67. The fraction of sp³-hybridized carbons (Fsp3) is 0.462. The third kappa shape index (κ3) is 2.29. The number of anilines is 1. The van der Waals surface area contributed by atoms with Crippen molar-refractivity contribution in [2.24, 2.45) is 0 Å². The Bertz CT molecular complexity index is 601. The van der Waals surface area contributed by atoms with Gasteiger partial charge in [-0.05, 0) is 37.5 Å². The monoisotopic (exact) mass is 299 g/mol. The van der Waals surface area contributed by atoms with E-state index in [9.17, 15) is 0 Å². The van der Waals surface area contributed by atoms with E-state index in [4.69, 9.17) is 16.0 Å². The molecular weight excluding hydrogens is 285 g/mol. The Labute approximate surface area is 122 Å². The minimum absolute atomic E-state index is 0. The second-order valence-electron chi connectivity index (χ2n) is 5.17. The topological polar surface area (TPSA) is 50.1 Å². The predicted molar refractivity (Wildman–Crippen MR) is 78.2 cm³/mol. The average Bonchev–Trinajstić information content (AvgIpc) is 3.02. The van der Waals surface area contributed by atoms with Gasteiger partial charge in [0.15, 0.2) is 5.58 Å². The molecule has 1 aromatic heterocycles. The van der Waals surface area contributed by atoms with E-state index in [1.165, 1.54) is 12.8 Å². The van der Waals surface area contributed by atoms with Gasteiger partial charge in [0, 0.05) is 23.1 Å². The maximum Gasteiger partial charge on any atom is 0.295 e. The molecule has 0 amide bonds. The van der Waals surface area contributed by atoms with Gasteiger partial charge >= 0.3 is 0 Å². The molecule has 19 heavy (non-hydrogen) atoms. The second-order valence-corrected chi connectivity index (χ2v) is 5.60. The third-order valence-electron chi connectivity index (χ3n) is 3.96. The number of hydrogen-bond donors (Lipinski definition) is 2. The van der Waals surface area contributed by atoms with Crippen LogP contribution in [-0.4, -0.2) is 23.1 Å². The average molecular weight is 300 g/mol. The largest absolute Gasteiger partial charge is 0.424 e. The number of nitrogens with one attached hydrogen (secondary N) is 2. The van der Waals surface area contributed by atoms with E-state index in [1.807, 2.05) is 18.2 Å². The summed E-state index contributed by atoms with van der Waals surface area (Å²) in [6.45, 7) is 0. The van der Waals surface area contributed by atoms with Crippen molar-refractivity contribution in [3.05, 3.63) is 23.2 Å². The van der Waals surface area contributed by atoms with Crippen LogP contribution >= 0.6 is 24.0 Å². The van der Waals surface area contributed by atoms with Crippen molar-refractivity contribution in [3.8, 4) is 0 Å². The molecule has 2 aliphatic heterocycles. The highest BCUT2D eigenvalue weighted by molar-refractivity contribution is 6.31. The molecule has 6 heteroatoms. The van der Waals surface area contributed by atoms with Gasteiger partial charge in [-0.2, -0.15) is 4.98 Å². The standard InChI is InChI=1S/C13H14ClN3O.ClH/c14-7-1-4-12-11(5-7)17-13(18-12)16-10-6-8-2-3-9(10)15-8;/h1,4-5,8-10,15H,2-3,6H2,(H,16,17);1H. The van der Waals surface area contributed by atoms with Gasteiger partial charge in [-0.15, -0.1) is 12.4 Å². The molecule has 2 saturated heterocycles. The fourth-order valence-corrected chi connectivity index (χ4v) is 3.27. The number of rotatable bonds is 2. The molecule has 1 aromatic carbocycles. The number of nitrogens with zero attached hydrogens (tertiary/aromatic N) is 1. The summed E-state index contributed by atoms with van der Waals surface area (Å²) >= 11 is 5.94. The first-order valence-electron chi connectivity index (χ1n) is 6.36. The zero-order chi connectivity index (χ0) is 12.1. The van der Waals surface area contributed by atoms with Crippen molar-refractivity contribution in [2.45, 2.75) is 37.4 Å². The van der Waals surface area contributed by atoms with E-state index in [0.29, 0.717) is 29.2 Å². The smallest absolute Gasteiger partial charge is 0.295 e. The normalized spacial score (nSPS) is 28.6. The molecule has 3 heterocycles. The lowest BCUT2D eigenvalue weighted by Crippen LogP contribution is -2.33. The van der Waals surface area contributed by atoms with Crippen LogP contribution in [0.2, 0.25) is 5.02 Å². The van der Waals surface area contributed by atoms with Crippen LogP contribution in [0.25, 0.3) is 11.1 Å². The number of oxazole rings is 1. The molecule has 2 aromatic rings. The fourth-order valence-electron chi connectivity index (χ4n) is 3.10. The number of halogens is 2. The molecule has 2 N–H and O–H groups in total.